The number of benzene rings is 1. The van der Waals surface area contributed by atoms with Crippen molar-refractivity contribution in [2.24, 2.45) is 0 Å². The smallest absolute Gasteiger partial charge is 0 e. The Bertz CT molecular complexity index is 139. The molecule has 0 saturated heterocycles. The molecule has 0 heterocycles. The van der Waals surface area contributed by atoms with Gasteiger partial charge in [-0.3, -0.25) is 0 Å². The average molecular weight is 284 g/mol. The number of hydrogen-bond acceptors (Lipinski definition) is 0. The van der Waals surface area contributed by atoms with Crippen LogP contribution in [0.15, 0.2) is 30.3 Å². The second kappa shape index (κ2) is 6.56. The second-order valence-corrected chi connectivity index (χ2v) is 1.49. The summed E-state index contributed by atoms with van der Waals surface area (Å²) in [5.41, 5.74) is 1.07. The molecular formula is C7H8IZn-. The first-order chi connectivity index (χ1) is 3.39. The first kappa shape index (κ1) is 12.2. The Kier molecular flexibility index (Phi) is 8.86. The van der Waals surface area contributed by atoms with Crippen molar-refractivity contribution in [3.63, 3.8) is 0 Å². The van der Waals surface area contributed by atoms with Gasteiger partial charge in [-0.1, -0.05) is 6.07 Å². The summed E-state index contributed by atoms with van der Waals surface area (Å²) in [5.74, 6) is 0. The van der Waals surface area contributed by atoms with Gasteiger partial charge >= 0.3 is 0 Å². The molecular weight excluding hydrogens is 276 g/mol. The van der Waals surface area contributed by atoms with Crippen LogP contribution >= 0.6 is 24.0 Å². The fraction of sp³-hybridized carbons (Fsp3) is 0. The van der Waals surface area contributed by atoms with Crippen LogP contribution < -0.4 is 0 Å². The molecule has 46 valence electrons. The Morgan fingerprint density at radius 3 is 1.67 bits per heavy atom. The average Bonchev–Trinajstić information content (AvgIpc) is 1.69. The van der Waals surface area contributed by atoms with Gasteiger partial charge in [0, 0.05) is 19.5 Å². The Labute approximate surface area is 85.8 Å². The molecule has 0 atom stereocenters. The summed E-state index contributed by atoms with van der Waals surface area (Å²) in [4.78, 5) is 0. The molecule has 0 aliphatic carbocycles. The van der Waals surface area contributed by atoms with Gasteiger partial charge in [0.15, 0.2) is 0 Å². The molecule has 0 aliphatic heterocycles. The second-order valence-electron chi connectivity index (χ2n) is 1.49. The van der Waals surface area contributed by atoms with Gasteiger partial charge in [0.1, 0.15) is 0 Å². The van der Waals surface area contributed by atoms with Crippen LogP contribution in [0, 0.1) is 6.92 Å². The number of halogens is 1. The predicted molar refractivity (Wildman–Crippen MR) is 46.3 cm³/mol. The van der Waals surface area contributed by atoms with E-state index >= 15 is 0 Å². The van der Waals surface area contributed by atoms with Gasteiger partial charge in [-0.2, -0.15) is 24.6 Å². The van der Waals surface area contributed by atoms with Crippen LogP contribution in [0.1, 0.15) is 5.56 Å². The summed E-state index contributed by atoms with van der Waals surface area (Å²) < 4.78 is 0. The zero-order valence-corrected chi connectivity index (χ0v) is 10.5. The standard InChI is InChI=1S/C7H7.HI.Zn/c1-7-5-3-2-4-6-7;;/h2-6H,1H2;1H;/q-1;;. The SMILES string of the molecule is I.[CH2-]c1ccccc1.[Zn]. The first-order valence-electron chi connectivity index (χ1n) is 2.26. The van der Waals surface area contributed by atoms with E-state index in [0.29, 0.717) is 0 Å². The van der Waals surface area contributed by atoms with Gasteiger partial charge in [-0.15, -0.1) is 36.1 Å². The van der Waals surface area contributed by atoms with Crippen LogP contribution in [0.3, 0.4) is 0 Å². The van der Waals surface area contributed by atoms with E-state index in [0.717, 1.165) is 5.56 Å². The monoisotopic (exact) mass is 283 g/mol. The van der Waals surface area contributed by atoms with Crippen LogP contribution in [-0.2, 0) is 19.5 Å². The molecule has 0 N–H and O–H groups in total. The molecule has 0 amide bonds. The third-order valence-corrected chi connectivity index (χ3v) is 0.843. The topological polar surface area (TPSA) is 0 Å². The van der Waals surface area contributed by atoms with E-state index in [4.69, 9.17) is 0 Å². The molecule has 1 aromatic carbocycles. The molecule has 0 fully saturated rings. The molecule has 0 saturated carbocycles. The van der Waals surface area contributed by atoms with E-state index in [1.165, 1.54) is 0 Å². The van der Waals surface area contributed by atoms with Crippen molar-refractivity contribution in [2.45, 2.75) is 0 Å². The van der Waals surface area contributed by atoms with Gasteiger partial charge in [0.2, 0.25) is 0 Å². The molecule has 0 aromatic heterocycles. The number of hydrogen-bond donors (Lipinski definition) is 0. The normalized spacial score (nSPS) is 6.67. The van der Waals surface area contributed by atoms with E-state index in [1.54, 1.807) is 0 Å². The maximum absolute atomic E-state index is 3.72. The van der Waals surface area contributed by atoms with Crippen molar-refractivity contribution in [1.29, 1.82) is 0 Å². The predicted octanol–water partition coefficient (Wildman–Crippen LogP) is 2.48. The molecule has 1 aromatic rings. The molecule has 0 spiro atoms. The van der Waals surface area contributed by atoms with Crippen molar-refractivity contribution in [2.75, 3.05) is 0 Å². The van der Waals surface area contributed by atoms with Crippen molar-refractivity contribution in [3.8, 4) is 0 Å². The molecule has 0 radical (unpaired) electrons. The minimum absolute atomic E-state index is 0. The Morgan fingerprint density at radius 1 is 1.00 bits per heavy atom. The van der Waals surface area contributed by atoms with Gasteiger partial charge in [-0.25, -0.2) is 0 Å². The zero-order valence-electron chi connectivity index (χ0n) is 5.21. The molecule has 0 unspecified atom stereocenters. The zero-order chi connectivity index (χ0) is 5.11. The third-order valence-electron chi connectivity index (χ3n) is 0.843. The summed E-state index contributed by atoms with van der Waals surface area (Å²) >= 11 is 0. The van der Waals surface area contributed by atoms with Gasteiger partial charge in [0.25, 0.3) is 0 Å². The van der Waals surface area contributed by atoms with Crippen molar-refractivity contribution < 1.29 is 19.5 Å². The van der Waals surface area contributed by atoms with Crippen molar-refractivity contribution in [1.82, 2.24) is 0 Å². The first-order valence-corrected chi connectivity index (χ1v) is 2.26. The fourth-order valence-electron chi connectivity index (χ4n) is 0.478. The minimum Gasteiger partial charge on any atom is -0.199 e. The summed E-state index contributed by atoms with van der Waals surface area (Å²) in [5, 5.41) is 0. The maximum atomic E-state index is 3.72. The third kappa shape index (κ3) is 4.92. The van der Waals surface area contributed by atoms with E-state index in [9.17, 15) is 0 Å². The van der Waals surface area contributed by atoms with Crippen LogP contribution in [0.25, 0.3) is 0 Å². The maximum Gasteiger partial charge on any atom is 0 e. The van der Waals surface area contributed by atoms with E-state index < -0.39 is 0 Å². The van der Waals surface area contributed by atoms with E-state index in [2.05, 4.69) is 6.92 Å². The van der Waals surface area contributed by atoms with Crippen LogP contribution in [-0.4, -0.2) is 0 Å². The molecule has 0 aliphatic rings. The fourth-order valence-corrected chi connectivity index (χ4v) is 0.478. The molecule has 0 bridgehead atoms. The summed E-state index contributed by atoms with van der Waals surface area (Å²) in [7, 11) is 0. The summed E-state index contributed by atoms with van der Waals surface area (Å²) in [6, 6.07) is 9.87. The van der Waals surface area contributed by atoms with Crippen LogP contribution in [0.2, 0.25) is 0 Å². The van der Waals surface area contributed by atoms with E-state index in [-0.39, 0.29) is 43.5 Å². The molecule has 2 heteroatoms. The van der Waals surface area contributed by atoms with Gasteiger partial charge < -0.3 is 0 Å². The van der Waals surface area contributed by atoms with Gasteiger partial charge in [0.05, 0.1) is 0 Å². The largest absolute Gasteiger partial charge is 0.199 e. The van der Waals surface area contributed by atoms with Crippen LogP contribution in [0.5, 0.6) is 0 Å². The van der Waals surface area contributed by atoms with Crippen LogP contribution in [0.4, 0.5) is 0 Å². The Morgan fingerprint density at radius 2 is 1.44 bits per heavy atom. The van der Waals surface area contributed by atoms with Crippen molar-refractivity contribution in [3.05, 3.63) is 42.8 Å². The summed E-state index contributed by atoms with van der Waals surface area (Å²) in [6.07, 6.45) is 0. The summed E-state index contributed by atoms with van der Waals surface area (Å²) in [6.45, 7) is 3.72. The number of rotatable bonds is 0. The van der Waals surface area contributed by atoms with Gasteiger partial charge in [-0.05, 0) is 0 Å². The Hall–Kier alpha value is 0.443. The van der Waals surface area contributed by atoms with E-state index in [1.807, 2.05) is 30.3 Å². The quantitative estimate of drug-likeness (QED) is 0.390. The minimum atomic E-state index is 0. The molecule has 1 rings (SSSR count). The van der Waals surface area contributed by atoms with Crippen molar-refractivity contribution >= 4 is 24.0 Å². The molecule has 0 nitrogen and oxygen atoms in total. The Balaban J connectivity index is 0. The molecule has 9 heavy (non-hydrogen) atoms.